The lowest BCUT2D eigenvalue weighted by molar-refractivity contribution is 0.311. The highest BCUT2D eigenvalue weighted by Gasteiger charge is 2.28. The molecule has 0 fully saturated rings. The van der Waals surface area contributed by atoms with E-state index in [-0.39, 0.29) is 6.04 Å². The van der Waals surface area contributed by atoms with Crippen LogP contribution in [0.2, 0.25) is 0 Å². The molecule has 1 N–H and O–H groups in total. The van der Waals surface area contributed by atoms with E-state index < -0.39 is 10.2 Å². The Labute approximate surface area is 125 Å². The Morgan fingerprint density at radius 1 is 1.05 bits per heavy atom. The number of nitrogens with zero attached hydrogens (tertiary/aromatic N) is 2. The number of nitrogens with one attached hydrogen (secondary N) is 1. The Balaban J connectivity index is 4.51. The Morgan fingerprint density at radius 3 is 2.20 bits per heavy atom. The van der Waals surface area contributed by atoms with Gasteiger partial charge in [-0.15, -0.1) is 0 Å². The summed E-state index contributed by atoms with van der Waals surface area (Å²) in [5.41, 5.74) is 0. The molecule has 0 aromatic rings. The average molecular weight is 308 g/mol. The van der Waals surface area contributed by atoms with Crippen molar-refractivity contribution < 1.29 is 8.42 Å². The first-order valence-corrected chi connectivity index (χ1v) is 9.21. The van der Waals surface area contributed by atoms with Crippen LogP contribution < -0.4 is 5.32 Å². The van der Waals surface area contributed by atoms with Crippen molar-refractivity contribution in [1.29, 1.82) is 0 Å². The highest BCUT2D eigenvalue weighted by molar-refractivity contribution is 7.86. The SMILES string of the molecule is CCCCCN(C(C)C)S(=O)(=O)N(C)CCCNCC. The zero-order chi connectivity index (χ0) is 15.6. The number of rotatable bonds is 12. The van der Waals surface area contributed by atoms with Crippen LogP contribution in [0.4, 0.5) is 0 Å². The molecule has 0 amide bonds. The van der Waals surface area contributed by atoms with Gasteiger partial charge in [0.15, 0.2) is 0 Å². The van der Waals surface area contributed by atoms with E-state index in [0.717, 1.165) is 38.8 Å². The Morgan fingerprint density at radius 2 is 1.70 bits per heavy atom. The van der Waals surface area contributed by atoms with Crippen LogP contribution in [0.3, 0.4) is 0 Å². The molecule has 0 bridgehead atoms. The normalized spacial score (nSPS) is 12.8. The van der Waals surface area contributed by atoms with Gasteiger partial charge in [0.1, 0.15) is 0 Å². The maximum atomic E-state index is 12.6. The van der Waals surface area contributed by atoms with Crippen molar-refractivity contribution in [3.05, 3.63) is 0 Å². The van der Waals surface area contributed by atoms with Crippen molar-refractivity contribution >= 4 is 10.2 Å². The second-order valence-electron chi connectivity index (χ2n) is 5.45. The van der Waals surface area contributed by atoms with Gasteiger partial charge >= 0.3 is 0 Å². The summed E-state index contributed by atoms with van der Waals surface area (Å²) in [5, 5.41) is 3.21. The molecule has 0 unspecified atom stereocenters. The molecule has 122 valence electrons. The van der Waals surface area contributed by atoms with Crippen LogP contribution in [0.5, 0.6) is 0 Å². The van der Waals surface area contributed by atoms with Gasteiger partial charge in [-0.25, -0.2) is 0 Å². The minimum absolute atomic E-state index is 0.00747. The number of hydrogen-bond donors (Lipinski definition) is 1. The molecule has 0 aromatic heterocycles. The third kappa shape index (κ3) is 7.02. The third-order valence-electron chi connectivity index (χ3n) is 3.32. The monoisotopic (exact) mass is 307 g/mol. The summed E-state index contributed by atoms with van der Waals surface area (Å²) < 4.78 is 28.2. The predicted octanol–water partition coefficient (Wildman–Crippen LogP) is 2.06. The van der Waals surface area contributed by atoms with E-state index in [0.29, 0.717) is 13.1 Å². The minimum Gasteiger partial charge on any atom is -0.317 e. The van der Waals surface area contributed by atoms with Crippen LogP contribution in [0.25, 0.3) is 0 Å². The van der Waals surface area contributed by atoms with Gasteiger partial charge in [-0.05, 0) is 39.8 Å². The van der Waals surface area contributed by atoms with Crippen molar-refractivity contribution in [1.82, 2.24) is 13.9 Å². The molecule has 0 radical (unpaired) electrons. The number of unbranched alkanes of at least 4 members (excludes halogenated alkanes) is 2. The molecule has 0 aliphatic heterocycles. The lowest BCUT2D eigenvalue weighted by Gasteiger charge is -2.30. The molecule has 20 heavy (non-hydrogen) atoms. The van der Waals surface area contributed by atoms with E-state index in [2.05, 4.69) is 19.2 Å². The summed E-state index contributed by atoms with van der Waals surface area (Å²) in [4.78, 5) is 0. The van der Waals surface area contributed by atoms with Crippen LogP contribution >= 0.6 is 0 Å². The smallest absolute Gasteiger partial charge is 0.281 e. The standard InChI is InChI=1S/C14H33N3O2S/c1-6-8-9-13-17(14(3)4)20(18,19)16(5)12-10-11-15-7-2/h14-15H,6-13H2,1-5H3. The van der Waals surface area contributed by atoms with E-state index in [4.69, 9.17) is 0 Å². The largest absolute Gasteiger partial charge is 0.317 e. The highest BCUT2D eigenvalue weighted by Crippen LogP contribution is 2.13. The van der Waals surface area contributed by atoms with Crippen LogP contribution in [0.1, 0.15) is 53.4 Å². The van der Waals surface area contributed by atoms with Gasteiger partial charge < -0.3 is 5.32 Å². The summed E-state index contributed by atoms with van der Waals surface area (Å²) in [7, 11) is -1.65. The van der Waals surface area contributed by atoms with Gasteiger partial charge in [-0.3, -0.25) is 0 Å². The quantitative estimate of drug-likeness (QED) is 0.562. The fourth-order valence-corrected chi connectivity index (χ4v) is 3.67. The van der Waals surface area contributed by atoms with Crippen molar-refractivity contribution in [3.63, 3.8) is 0 Å². The van der Waals surface area contributed by atoms with E-state index in [1.54, 1.807) is 11.4 Å². The molecule has 0 saturated heterocycles. The molecule has 0 rings (SSSR count). The lowest BCUT2D eigenvalue weighted by atomic mass is 10.2. The van der Waals surface area contributed by atoms with Crippen molar-refractivity contribution in [2.24, 2.45) is 0 Å². The maximum Gasteiger partial charge on any atom is 0.281 e. The van der Waals surface area contributed by atoms with Gasteiger partial charge in [0.2, 0.25) is 0 Å². The summed E-state index contributed by atoms with van der Waals surface area (Å²) in [6.07, 6.45) is 3.94. The van der Waals surface area contributed by atoms with E-state index in [9.17, 15) is 8.42 Å². The molecular formula is C14H33N3O2S. The summed E-state index contributed by atoms with van der Waals surface area (Å²) in [6, 6.07) is 0.00747. The first kappa shape index (κ1) is 19.8. The predicted molar refractivity (Wildman–Crippen MR) is 86.1 cm³/mol. The molecule has 6 heteroatoms. The van der Waals surface area contributed by atoms with Crippen LogP contribution in [0, 0.1) is 0 Å². The molecule has 0 aromatic carbocycles. The average Bonchev–Trinajstić information content (AvgIpc) is 2.38. The molecule has 0 heterocycles. The molecule has 5 nitrogen and oxygen atoms in total. The number of hydrogen-bond acceptors (Lipinski definition) is 3. The fraction of sp³-hybridized carbons (Fsp3) is 1.00. The van der Waals surface area contributed by atoms with E-state index >= 15 is 0 Å². The molecule has 0 aliphatic carbocycles. The topological polar surface area (TPSA) is 52.7 Å². The fourth-order valence-electron chi connectivity index (χ4n) is 2.06. The molecular weight excluding hydrogens is 274 g/mol. The maximum absolute atomic E-state index is 12.6. The minimum atomic E-state index is -3.33. The van der Waals surface area contributed by atoms with Crippen LogP contribution in [0.15, 0.2) is 0 Å². The zero-order valence-corrected chi connectivity index (χ0v) is 14.7. The molecule has 0 spiro atoms. The Hall–Kier alpha value is -0.170. The van der Waals surface area contributed by atoms with Gasteiger partial charge in [0.05, 0.1) is 0 Å². The summed E-state index contributed by atoms with van der Waals surface area (Å²) in [6.45, 7) is 11.0. The van der Waals surface area contributed by atoms with Crippen molar-refractivity contribution in [3.8, 4) is 0 Å². The van der Waals surface area contributed by atoms with Gasteiger partial charge in [-0.2, -0.15) is 17.0 Å². The first-order chi connectivity index (χ1) is 9.37. The summed E-state index contributed by atoms with van der Waals surface area (Å²) >= 11 is 0. The second-order valence-corrected chi connectivity index (χ2v) is 7.44. The summed E-state index contributed by atoms with van der Waals surface area (Å²) in [5.74, 6) is 0. The second kappa shape index (κ2) is 10.5. The van der Waals surface area contributed by atoms with Gasteiger partial charge in [-0.1, -0.05) is 26.7 Å². The Kier molecular flexibility index (Phi) is 10.5. The molecule has 0 aliphatic rings. The van der Waals surface area contributed by atoms with Crippen molar-refractivity contribution in [2.75, 3.05) is 33.2 Å². The molecule has 0 saturated carbocycles. The van der Waals surface area contributed by atoms with E-state index in [1.165, 1.54) is 4.31 Å². The third-order valence-corrected chi connectivity index (χ3v) is 5.49. The first-order valence-electron chi connectivity index (χ1n) is 7.81. The van der Waals surface area contributed by atoms with E-state index in [1.807, 2.05) is 13.8 Å². The zero-order valence-electron chi connectivity index (χ0n) is 13.9. The van der Waals surface area contributed by atoms with Gasteiger partial charge in [0, 0.05) is 26.2 Å². The Bertz CT molecular complexity index is 331. The molecule has 0 atom stereocenters. The lowest BCUT2D eigenvalue weighted by Crippen LogP contribution is -2.46. The highest BCUT2D eigenvalue weighted by atomic mass is 32.2. The van der Waals surface area contributed by atoms with Crippen LogP contribution in [-0.2, 0) is 10.2 Å². The van der Waals surface area contributed by atoms with Crippen LogP contribution in [-0.4, -0.2) is 56.3 Å². The van der Waals surface area contributed by atoms with Crippen molar-refractivity contribution in [2.45, 2.75) is 59.4 Å². The van der Waals surface area contributed by atoms with Gasteiger partial charge in [0.25, 0.3) is 10.2 Å².